The molecule has 3 rings (SSSR count). The van der Waals surface area contributed by atoms with E-state index in [4.69, 9.17) is 14.5 Å². The fourth-order valence-electron chi connectivity index (χ4n) is 1.74. The van der Waals surface area contributed by atoms with Gasteiger partial charge < -0.3 is 19.6 Å². The molecule has 0 saturated carbocycles. The first-order chi connectivity index (χ1) is 11.7. The van der Waals surface area contributed by atoms with Crippen molar-refractivity contribution < 1.29 is 24.4 Å². The first kappa shape index (κ1) is 16.1. The third-order valence-corrected chi connectivity index (χ3v) is 3.81. The fourth-order valence-corrected chi connectivity index (χ4v) is 2.37. The zero-order chi connectivity index (χ0) is 16.9. The Morgan fingerprint density at radius 1 is 1.33 bits per heavy atom. The van der Waals surface area contributed by atoms with E-state index >= 15 is 0 Å². The summed E-state index contributed by atoms with van der Waals surface area (Å²) < 4.78 is 5.12. The molecule has 2 aromatic heterocycles. The number of nitrogens with one attached hydrogen (secondary N) is 1. The Morgan fingerprint density at radius 2 is 2.12 bits per heavy atom. The highest BCUT2D eigenvalue weighted by Gasteiger charge is 2.17. The molecule has 0 aliphatic heterocycles. The number of carbonyl (C=O) groups excluding carboxylic acids is 1. The lowest BCUT2D eigenvalue weighted by molar-refractivity contribution is 0.0748. The molecule has 0 radical (unpaired) electrons. The molecule has 0 aliphatic carbocycles. The summed E-state index contributed by atoms with van der Waals surface area (Å²) in [7, 11) is 0. The standard InChI is InChI=1S/C14H12N4O5S/c19-7-10(20)13-15-16-14(24-13)23-18-12(21)9-6-11(22-17-9)8-4-2-1-3-5-8/h1-6,10,19-20H,7H2,(H,18,21)/t10-/m1/s1. The molecular weight excluding hydrogens is 336 g/mol. The third-order valence-electron chi connectivity index (χ3n) is 2.91. The van der Waals surface area contributed by atoms with Gasteiger partial charge in [-0.2, -0.15) is 5.48 Å². The number of hydrogen-bond acceptors (Lipinski definition) is 9. The van der Waals surface area contributed by atoms with Crippen LogP contribution in [-0.4, -0.2) is 38.1 Å². The molecule has 2 heterocycles. The van der Waals surface area contributed by atoms with Gasteiger partial charge in [0, 0.05) is 11.6 Å². The first-order valence-corrected chi connectivity index (χ1v) is 7.60. The molecule has 0 unspecified atom stereocenters. The summed E-state index contributed by atoms with van der Waals surface area (Å²) in [5.74, 6) is -0.176. The minimum absolute atomic E-state index is 0.0117. The van der Waals surface area contributed by atoms with Gasteiger partial charge in [0.05, 0.1) is 6.61 Å². The van der Waals surface area contributed by atoms with Gasteiger partial charge in [-0.1, -0.05) is 51.9 Å². The highest BCUT2D eigenvalue weighted by Crippen LogP contribution is 2.23. The van der Waals surface area contributed by atoms with Crippen molar-refractivity contribution in [2.24, 2.45) is 0 Å². The van der Waals surface area contributed by atoms with Crippen LogP contribution in [0.3, 0.4) is 0 Å². The Bertz CT molecular complexity index is 819. The number of carbonyl (C=O) groups is 1. The van der Waals surface area contributed by atoms with Crippen molar-refractivity contribution >= 4 is 17.2 Å². The summed E-state index contributed by atoms with van der Waals surface area (Å²) in [5.41, 5.74) is 2.98. The van der Waals surface area contributed by atoms with Crippen LogP contribution in [0.15, 0.2) is 40.9 Å². The molecule has 1 amide bonds. The predicted octanol–water partition coefficient (Wildman–Crippen LogP) is 0.943. The summed E-state index contributed by atoms with van der Waals surface area (Å²) in [6, 6.07) is 10.7. The van der Waals surface area contributed by atoms with E-state index in [2.05, 4.69) is 20.8 Å². The lowest BCUT2D eigenvalue weighted by Gasteiger charge is -2.00. The van der Waals surface area contributed by atoms with Crippen molar-refractivity contribution in [3.8, 4) is 16.5 Å². The summed E-state index contributed by atoms with van der Waals surface area (Å²) >= 11 is 0.892. The third kappa shape index (κ3) is 3.56. The number of aromatic nitrogens is 3. The second-order valence-electron chi connectivity index (χ2n) is 4.58. The molecule has 0 spiro atoms. The predicted molar refractivity (Wildman–Crippen MR) is 82.0 cm³/mol. The van der Waals surface area contributed by atoms with Gasteiger partial charge in [0.25, 0.3) is 0 Å². The maximum Gasteiger partial charge on any atom is 0.322 e. The first-order valence-electron chi connectivity index (χ1n) is 6.79. The number of amides is 1. The molecule has 3 aromatic rings. The van der Waals surface area contributed by atoms with Crippen molar-refractivity contribution in [2.45, 2.75) is 6.10 Å². The van der Waals surface area contributed by atoms with Crippen molar-refractivity contribution in [1.82, 2.24) is 20.8 Å². The molecule has 1 atom stereocenters. The molecule has 0 saturated heterocycles. The van der Waals surface area contributed by atoms with Gasteiger partial charge in [0.2, 0.25) is 0 Å². The molecule has 0 fully saturated rings. The molecule has 24 heavy (non-hydrogen) atoms. The average Bonchev–Trinajstić information content (AvgIpc) is 3.29. The molecule has 124 valence electrons. The topological polar surface area (TPSA) is 131 Å². The minimum Gasteiger partial charge on any atom is -0.393 e. The number of rotatable bonds is 6. The van der Waals surface area contributed by atoms with Gasteiger partial charge in [-0.3, -0.25) is 4.79 Å². The second-order valence-corrected chi connectivity index (χ2v) is 5.55. The van der Waals surface area contributed by atoms with Crippen LogP contribution in [0.25, 0.3) is 11.3 Å². The van der Waals surface area contributed by atoms with Gasteiger partial charge in [-0.15, -0.1) is 5.10 Å². The summed E-state index contributed by atoms with van der Waals surface area (Å²) in [5, 5.41) is 29.3. The van der Waals surface area contributed by atoms with E-state index in [1.165, 1.54) is 6.07 Å². The van der Waals surface area contributed by atoms with E-state index in [-0.39, 0.29) is 15.9 Å². The Labute approximate surface area is 139 Å². The lowest BCUT2D eigenvalue weighted by atomic mass is 10.2. The van der Waals surface area contributed by atoms with Crippen LogP contribution in [0.1, 0.15) is 21.6 Å². The molecular formula is C14H12N4O5S. The average molecular weight is 348 g/mol. The van der Waals surface area contributed by atoms with Crippen LogP contribution in [-0.2, 0) is 0 Å². The number of benzene rings is 1. The number of hydrogen-bond donors (Lipinski definition) is 3. The second kappa shape index (κ2) is 7.17. The van der Waals surface area contributed by atoms with E-state index < -0.39 is 18.6 Å². The van der Waals surface area contributed by atoms with E-state index in [1.54, 1.807) is 0 Å². The molecule has 0 bridgehead atoms. The van der Waals surface area contributed by atoms with Crippen molar-refractivity contribution in [3.63, 3.8) is 0 Å². The fraction of sp³-hybridized carbons (Fsp3) is 0.143. The maximum absolute atomic E-state index is 12.0. The van der Waals surface area contributed by atoms with E-state index in [1.807, 2.05) is 30.3 Å². The molecule has 10 heteroatoms. The zero-order valence-corrected chi connectivity index (χ0v) is 12.9. The largest absolute Gasteiger partial charge is 0.393 e. The molecule has 1 aromatic carbocycles. The zero-order valence-electron chi connectivity index (χ0n) is 12.1. The number of hydroxylamine groups is 1. The van der Waals surface area contributed by atoms with E-state index in [9.17, 15) is 9.90 Å². The smallest absolute Gasteiger partial charge is 0.322 e. The normalized spacial score (nSPS) is 11.9. The van der Waals surface area contributed by atoms with Crippen molar-refractivity contribution in [2.75, 3.05) is 6.61 Å². The maximum atomic E-state index is 12.0. The van der Waals surface area contributed by atoms with E-state index in [0.29, 0.717) is 5.76 Å². The highest BCUT2D eigenvalue weighted by molar-refractivity contribution is 7.13. The molecule has 0 aliphatic rings. The van der Waals surface area contributed by atoms with Gasteiger partial charge in [-0.05, 0) is 0 Å². The summed E-state index contributed by atoms with van der Waals surface area (Å²) in [6.07, 6.45) is -1.14. The Kier molecular flexibility index (Phi) is 4.79. The lowest BCUT2D eigenvalue weighted by Crippen LogP contribution is -2.27. The van der Waals surface area contributed by atoms with Gasteiger partial charge in [0.1, 0.15) is 6.10 Å². The van der Waals surface area contributed by atoms with Crippen LogP contribution in [0, 0.1) is 0 Å². The van der Waals surface area contributed by atoms with E-state index in [0.717, 1.165) is 16.9 Å². The van der Waals surface area contributed by atoms with Gasteiger partial charge in [-0.25, -0.2) is 0 Å². The molecule has 3 N–H and O–H groups in total. The van der Waals surface area contributed by atoms with Crippen molar-refractivity contribution in [1.29, 1.82) is 0 Å². The quantitative estimate of drug-likeness (QED) is 0.561. The monoisotopic (exact) mass is 348 g/mol. The number of nitrogens with zero attached hydrogens (tertiary/aromatic N) is 3. The van der Waals surface area contributed by atoms with Crippen LogP contribution >= 0.6 is 11.3 Å². The van der Waals surface area contributed by atoms with Crippen LogP contribution < -0.4 is 10.3 Å². The van der Waals surface area contributed by atoms with Crippen LogP contribution in [0.4, 0.5) is 0 Å². The number of aliphatic hydroxyl groups is 2. The van der Waals surface area contributed by atoms with Crippen LogP contribution in [0.2, 0.25) is 0 Å². The Morgan fingerprint density at radius 3 is 2.88 bits per heavy atom. The summed E-state index contributed by atoms with van der Waals surface area (Å²) in [6.45, 7) is -0.484. The van der Waals surface area contributed by atoms with Crippen molar-refractivity contribution in [3.05, 3.63) is 47.1 Å². The SMILES string of the molecule is O=C(NOc1nnc([C@H](O)CO)s1)c1cc(-c2ccccc2)on1. The Balaban J connectivity index is 1.61. The van der Waals surface area contributed by atoms with Crippen LogP contribution in [0.5, 0.6) is 5.19 Å². The highest BCUT2D eigenvalue weighted by atomic mass is 32.1. The minimum atomic E-state index is -1.14. The Hall–Kier alpha value is -2.82. The molecule has 9 nitrogen and oxygen atoms in total. The van der Waals surface area contributed by atoms with Gasteiger partial charge >= 0.3 is 11.1 Å². The van der Waals surface area contributed by atoms with Gasteiger partial charge in [0.15, 0.2) is 16.5 Å². The number of aliphatic hydroxyl groups excluding tert-OH is 2. The summed E-state index contributed by atoms with van der Waals surface area (Å²) in [4.78, 5) is 17.0.